The van der Waals surface area contributed by atoms with Gasteiger partial charge in [0.05, 0.1) is 0 Å². The molecule has 0 saturated carbocycles. The lowest BCUT2D eigenvalue weighted by Crippen LogP contribution is -2.33. The van der Waals surface area contributed by atoms with Crippen molar-refractivity contribution in [2.75, 3.05) is 11.4 Å². The van der Waals surface area contributed by atoms with Crippen molar-refractivity contribution >= 4 is 25.0 Å². The molecule has 1 amide bonds. The Kier molecular flexibility index (Phi) is 2.21. The predicted molar refractivity (Wildman–Crippen MR) is 54.3 cm³/mol. The van der Waals surface area contributed by atoms with E-state index in [9.17, 15) is 13.6 Å². The summed E-state index contributed by atoms with van der Waals surface area (Å²) in [6.07, 6.45) is 1.13. The average molecular weight is 210 g/mol. The number of amides is 1. The van der Waals surface area contributed by atoms with Crippen molar-refractivity contribution in [3.63, 3.8) is 0 Å². The molecule has 6 heteroatoms. The molecule has 1 fully saturated rings. The summed E-state index contributed by atoms with van der Waals surface area (Å²) in [5.41, 5.74) is 0.928. The first-order valence-electron chi connectivity index (χ1n) is 4.63. The van der Waals surface area contributed by atoms with Crippen LogP contribution in [-0.2, 0) is 4.79 Å². The summed E-state index contributed by atoms with van der Waals surface area (Å²) in [5, 5.41) is 0. The SMILES string of the molecule is Bc1ccc(N2CCC(F)(F)C2=O)nc1. The molecule has 0 N–H and O–H groups in total. The van der Waals surface area contributed by atoms with Crippen LogP contribution < -0.4 is 10.4 Å². The van der Waals surface area contributed by atoms with Gasteiger partial charge in [-0.1, -0.05) is 11.5 Å². The molecular weight excluding hydrogens is 201 g/mol. The minimum absolute atomic E-state index is 0.0297. The lowest BCUT2D eigenvalue weighted by molar-refractivity contribution is -0.137. The lowest BCUT2D eigenvalue weighted by Gasteiger charge is -2.14. The summed E-state index contributed by atoms with van der Waals surface area (Å²) in [6.45, 7) is 0.0297. The van der Waals surface area contributed by atoms with E-state index >= 15 is 0 Å². The number of carbonyl (C=O) groups is 1. The van der Waals surface area contributed by atoms with E-state index in [1.54, 1.807) is 18.3 Å². The average Bonchev–Trinajstić information content (AvgIpc) is 2.45. The number of hydrogen-bond acceptors (Lipinski definition) is 2. The largest absolute Gasteiger partial charge is 0.326 e. The van der Waals surface area contributed by atoms with Crippen molar-refractivity contribution in [2.45, 2.75) is 12.3 Å². The Hall–Kier alpha value is -1.46. The third kappa shape index (κ3) is 1.71. The quantitative estimate of drug-likeness (QED) is 0.597. The maximum atomic E-state index is 12.9. The van der Waals surface area contributed by atoms with Crippen LogP contribution in [0.1, 0.15) is 6.42 Å². The van der Waals surface area contributed by atoms with Crippen LogP contribution >= 0.6 is 0 Å². The topological polar surface area (TPSA) is 33.2 Å². The molecule has 1 aromatic heterocycles. The summed E-state index contributed by atoms with van der Waals surface area (Å²) < 4.78 is 25.9. The monoisotopic (exact) mass is 210 g/mol. The first-order valence-corrected chi connectivity index (χ1v) is 4.63. The van der Waals surface area contributed by atoms with E-state index in [0.29, 0.717) is 5.82 Å². The molecule has 0 unspecified atom stereocenters. The molecule has 1 saturated heterocycles. The van der Waals surface area contributed by atoms with Gasteiger partial charge in [0.25, 0.3) is 5.91 Å². The minimum Gasteiger partial charge on any atom is -0.291 e. The van der Waals surface area contributed by atoms with Crippen LogP contribution in [-0.4, -0.2) is 31.2 Å². The number of carbonyl (C=O) groups excluding carboxylic acids is 1. The number of halogens is 2. The van der Waals surface area contributed by atoms with Crippen molar-refractivity contribution in [3.8, 4) is 0 Å². The fourth-order valence-corrected chi connectivity index (χ4v) is 1.50. The highest BCUT2D eigenvalue weighted by Gasteiger charge is 2.48. The van der Waals surface area contributed by atoms with Gasteiger partial charge in [0, 0.05) is 19.2 Å². The molecule has 15 heavy (non-hydrogen) atoms. The molecule has 0 spiro atoms. The molecule has 0 radical (unpaired) electrons. The Morgan fingerprint density at radius 3 is 2.67 bits per heavy atom. The van der Waals surface area contributed by atoms with Crippen LogP contribution in [0.5, 0.6) is 0 Å². The molecule has 2 heterocycles. The first-order chi connectivity index (χ1) is 7.00. The standard InChI is InChI=1S/C9H9BF2N2O/c10-6-1-2-7(13-5-6)14-4-3-9(11,12)8(14)15/h1-2,5H,3-4,10H2. The fourth-order valence-electron chi connectivity index (χ4n) is 1.50. The van der Waals surface area contributed by atoms with Gasteiger partial charge in [-0.3, -0.25) is 9.69 Å². The molecule has 0 aromatic carbocycles. The summed E-state index contributed by atoms with van der Waals surface area (Å²) in [5.74, 6) is -4.09. The lowest BCUT2D eigenvalue weighted by atomic mass is 9.99. The highest BCUT2D eigenvalue weighted by Crippen LogP contribution is 2.30. The molecule has 0 atom stereocenters. The maximum absolute atomic E-state index is 12.9. The van der Waals surface area contributed by atoms with Crippen LogP contribution in [0.15, 0.2) is 18.3 Å². The Labute approximate surface area is 86.5 Å². The van der Waals surface area contributed by atoms with E-state index < -0.39 is 18.3 Å². The third-order valence-corrected chi connectivity index (χ3v) is 2.38. The zero-order valence-electron chi connectivity index (χ0n) is 8.20. The molecule has 78 valence electrons. The van der Waals surface area contributed by atoms with Crippen molar-refractivity contribution in [1.29, 1.82) is 0 Å². The molecule has 0 aliphatic carbocycles. The minimum atomic E-state index is -3.23. The Morgan fingerprint density at radius 2 is 2.20 bits per heavy atom. The first kappa shape index (κ1) is 10.1. The number of rotatable bonds is 1. The van der Waals surface area contributed by atoms with E-state index in [4.69, 9.17) is 0 Å². The smallest absolute Gasteiger partial charge is 0.291 e. The van der Waals surface area contributed by atoms with Crippen molar-refractivity contribution in [3.05, 3.63) is 18.3 Å². The van der Waals surface area contributed by atoms with Gasteiger partial charge in [-0.15, -0.1) is 0 Å². The van der Waals surface area contributed by atoms with Crippen molar-refractivity contribution < 1.29 is 13.6 Å². The highest BCUT2D eigenvalue weighted by atomic mass is 19.3. The second-order valence-electron chi connectivity index (χ2n) is 3.60. The number of nitrogens with zero attached hydrogens (tertiary/aromatic N) is 2. The number of pyridine rings is 1. The Bertz CT molecular complexity index is 394. The van der Waals surface area contributed by atoms with Gasteiger partial charge in [-0.25, -0.2) is 4.98 Å². The summed E-state index contributed by atoms with van der Waals surface area (Å²) >= 11 is 0. The van der Waals surface area contributed by atoms with Gasteiger partial charge < -0.3 is 0 Å². The van der Waals surface area contributed by atoms with Crippen LogP contribution in [0.3, 0.4) is 0 Å². The zero-order chi connectivity index (χ0) is 11.1. The Balaban J connectivity index is 2.27. The van der Waals surface area contributed by atoms with Crippen molar-refractivity contribution in [1.82, 2.24) is 4.98 Å². The zero-order valence-corrected chi connectivity index (χ0v) is 8.20. The van der Waals surface area contributed by atoms with E-state index in [2.05, 4.69) is 4.98 Å². The number of anilines is 1. The van der Waals surface area contributed by atoms with Gasteiger partial charge in [0.15, 0.2) is 0 Å². The second kappa shape index (κ2) is 3.29. The van der Waals surface area contributed by atoms with Crippen molar-refractivity contribution in [2.24, 2.45) is 0 Å². The molecule has 3 nitrogen and oxygen atoms in total. The van der Waals surface area contributed by atoms with Crippen LogP contribution in [0.25, 0.3) is 0 Å². The van der Waals surface area contributed by atoms with Crippen LogP contribution in [0.4, 0.5) is 14.6 Å². The summed E-state index contributed by atoms with van der Waals surface area (Å²) in [4.78, 5) is 16.2. The molecule has 2 rings (SSSR count). The number of alkyl halides is 2. The van der Waals surface area contributed by atoms with Gasteiger partial charge in [-0.05, 0) is 6.07 Å². The molecule has 0 bridgehead atoms. The molecule has 1 aliphatic rings. The number of aromatic nitrogens is 1. The Morgan fingerprint density at radius 1 is 1.47 bits per heavy atom. The van der Waals surface area contributed by atoms with E-state index in [0.717, 1.165) is 10.4 Å². The van der Waals surface area contributed by atoms with E-state index in [-0.39, 0.29) is 6.54 Å². The summed E-state index contributed by atoms with van der Waals surface area (Å²) in [6, 6.07) is 3.32. The van der Waals surface area contributed by atoms with Gasteiger partial charge >= 0.3 is 5.92 Å². The van der Waals surface area contributed by atoms with Gasteiger partial charge in [-0.2, -0.15) is 8.78 Å². The fraction of sp³-hybridized carbons (Fsp3) is 0.333. The third-order valence-electron chi connectivity index (χ3n) is 2.38. The predicted octanol–water partition coefficient (Wildman–Crippen LogP) is -0.288. The highest BCUT2D eigenvalue weighted by molar-refractivity contribution is 6.32. The van der Waals surface area contributed by atoms with E-state index in [1.807, 2.05) is 7.85 Å². The molecule has 1 aromatic rings. The molecule has 1 aliphatic heterocycles. The van der Waals surface area contributed by atoms with E-state index in [1.165, 1.54) is 0 Å². The van der Waals surface area contributed by atoms with Crippen LogP contribution in [0.2, 0.25) is 0 Å². The van der Waals surface area contributed by atoms with Crippen LogP contribution in [0, 0.1) is 0 Å². The van der Waals surface area contributed by atoms with Gasteiger partial charge in [0.2, 0.25) is 0 Å². The van der Waals surface area contributed by atoms with Gasteiger partial charge in [0.1, 0.15) is 13.7 Å². The normalized spacial score (nSPS) is 19.6. The number of hydrogen-bond donors (Lipinski definition) is 0. The summed E-state index contributed by atoms with van der Waals surface area (Å²) in [7, 11) is 1.84. The molecular formula is C9H9BF2N2O. The maximum Gasteiger partial charge on any atom is 0.326 e. The second-order valence-corrected chi connectivity index (χ2v) is 3.60.